The van der Waals surface area contributed by atoms with Gasteiger partial charge in [0.1, 0.15) is 4.83 Å². The van der Waals surface area contributed by atoms with Gasteiger partial charge in [0.25, 0.3) is 5.56 Å². The summed E-state index contributed by atoms with van der Waals surface area (Å²) in [7, 11) is -3.34. The molecule has 2 N–H and O–H groups in total. The maximum absolute atomic E-state index is 13.0. The number of aromatic nitrogens is 2. The van der Waals surface area contributed by atoms with Gasteiger partial charge >= 0.3 is 0 Å². The van der Waals surface area contributed by atoms with Crippen molar-refractivity contribution in [1.82, 2.24) is 9.55 Å². The van der Waals surface area contributed by atoms with E-state index in [1.807, 2.05) is 0 Å². The SMILES string of the molecule is CCS(=O)(=O)Nc1ccc(NC(=O)CCn2cnc3sc4c(c3c2=O)CCCC4)cc1. The van der Waals surface area contributed by atoms with Gasteiger partial charge in [-0.05, 0) is 62.4 Å². The summed E-state index contributed by atoms with van der Waals surface area (Å²) in [4.78, 5) is 31.8. The van der Waals surface area contributed by atoms with E-state index in [-0.39, 0.29) is 30.2 Å². The Kier molecular flexibility index (Phi) is 6.10. The van der Waals surface area contributed by atoms with E-state index in [1.54, 1.807) is 42.5 Å². The second-order valence-corrected chi connectivity index (χ2v) is 10.6. The molecule has 0 saturated carbocycles. The van der Waals surface area contributed by atoms with Gasteiger partial charge in [-0.1, -0.05) is 0 Å². The molecule has 2 aromatic heterocycles. The topological polar surface area (TPSA) is 110 Å². The number of carbonyl (C=O) groups excluding carboxylic acids is 1. The number of hydrogen-bond acceptors (Lipinski definition) is 6. The molecule has 1 aliphatic carbocycles. The Bertz CT molecular complexity index is 1280. The van der Waals surface area contributed by atoms with E-state index in [2.05, 4.69) is 15.0 Å². The summed E-state index contributed by atoms with van der Waals surface area (Å²) in [5.74, 6) is -0.249. The van der Waals surface area contributed by atoms with Gasteiger partial charge in [-0.15, -0.1) is 11.3 Å². The lowest BCUT2D eigenvalue weighted by Gasteiger charge is -2.11. The summed E-state index contributed by atoms with van der Waals surface area (Å²) in [5.41, 5.74) is 2.05. The van der Waals surface area contributed by atoms with Crippen LogP contribution in [0.15, 0.2) is 35.4 Å². The number of nitrogens with zero attached hydrogens (tertiary/aromatic N) is 2. The molecule has 0 spiro atoms. The highest BCUT2D eigenvalue weighted by Crippen LogP contribution is 2.33. The fourth-order valence-electron chi connectivity index (χ4n) is 3.66. The molecule has 1 amide bonds. The standard InChI is InChI=1S/C21H24N4O4S2/c1-2-31(28,29)24-15-9-7-14(8-10-15)23-18(26)11-12-25-13-22-20-19(21(25)27)16-5-3-4-6-17(16)30-20/h7-10,13,24H,2-6,11-12H2,1H3,(H,23,26). The third-order valence-corrected chi connectivity index (χ3v) is 7.85. The van der Waals surface area contributed by atoms with Crippen LogP contribution in [0, 0.1) is 0 Å². The molecule has 1 aromatic carbocycles. The number of aryl methyl sites for hydroxylation is 3. The first-order chi connectivity index (χ1) is 14.9. The summed E-state index contributed by atoms with van der Waals surface area (Å²) in [6.45, 7) is 1.80. The molecule has 0 radical (unpaired) electrons. The maximum Gasteiger partial charge on any atom is 0.262 e. The average molecular weight is 461 g/mol. The molecule has 0 bridgehead atoms. The van der Waals surface area contributed by atoms with Crippen LogP contribution in [0.25, 0.3) is 10.2 Å². The monoisotopic (exact) mass is 460 g/mol. The lowest BCUT2D eigenvalue weighted by molar-refractivity contribution is -0.116. The van der Waals surface area contributed by atoms with E-state index in [0.29, 0.717) is 16.8 Å². The second kappa shape index (κ2) is 8.80. The zero-order valence-corrected chi connectivity index (χ0v) is 18.8. The number of benzene rings is 1. The molecule has 0 aliphatic heterocycles. The summed E-state index contributed by atoms with van der Waals surface area (Å²) < 4.78 is 27.2. The molecule has 0 saturated heterocycles. The molecule has 164 valence electrons. The lowest BCUT2D eigenvalue weighted by atomic mass is 9.97. The van der Waals surface area contributed by atoms with Crippen LogP contribution in [0.2, 0.25) is 0 Å². The Balaban J connectivity index is 1.40. The van der Waals surface area contributed by atoms with E-state index >= 15 is 0 Å². The third kappa shape index (κ3) is 4.80. The van der Waals surface area contributed by atoms with Crippen LogP contribution in [-0.4, -0.2) is 29.6 Å². The number of fused-ring (bicyclic) bond motifs is 3. The Morgan fingerprint density at radius 3 is 2.61 bits per heavy atom. The summed E-state index contributed by atoms with van der Waals surface area (Å²) in [6.07, 6.45) is 5.82. The second-order valence-electron chi connectivity index (χ2n) is 7.52. The summed E-state index contributed by atoms with van der Waals surface area (Å²) >= 11 is 1.61. The van der Waals surface area contributed by atoms with E-state index in [9.17, 15) is 18.0 Å². The quantitative estimate of drug-likeness (QED) is 0.563. The van der Waals surface area contributed by atoms with Crippen molar-refractivity contribution in [2.75, 3.05) is 15.8 Å². The van der Waals surface area contributed by atoms with Crippen molar-refractivity contribution in [3.8, 4) is 0 Å². The number of nitrogens with one attached hydrogen (secondary N) is 2. The van der Waals surface area contributed by atoms with Crippen LogP contribution in [0.5, 0.6) is 0 Å². The number of thiophene rings is 1. The number of carbonyl (C=O) groups is 1. The molecular formula is C21H24N4O4S2. The molecule has 3 aromatic rings. The number of sulfonamides is 1. The first kappa shape index (κ1) is 21.5. The summed E-state index contributed by atoms with van der Waals surface area (Å²) in [5, 5.41) is 3.48. The van der Waals surface area contributed by atoms with Crippen LogP contribution < -0.4 is 15.6 Å². The van der Waals surface area contributed by atoms with Gasteiger partial charge in [0.05, 0.1) is 17.5 Å². The van der Waals surface area contributed by atoms with Gasteiger partial charge < -0.3 is 5.32 Å². The minimum atomic E-state index is -3.34. The van der Waals surface area contributed by atoms with Gasteiger partial charge in [0, 0.05) is 29.2 Å². The highest BCUT2D eigenvalue weighted by molar-refractivity contribution is 7.92. The largest absolute Gasteiger partial charge is 0.326 e. The molecule has 10 heteroatoms. The molecule has 8 nitrogen and oxygen atoms in total. The molecule has 0 fully saturated rings. The smallest absolute Gasteiger partial charge is 0.262 e. The summed E-state index contributed by atoms with van der Waals surface area (Å²) in [6, 6.07) is 6.43. The van der Waals surface area contributed by atoms with Gasteiger partial charge in [-0.2, -0.15) is 0 Å². The van der Waals surface area contributed by atoms with E-state index in [0.717, 1.165) is 36.1 Å². The normalized spacial score (nSPS) is 13.7. The van der Waals surface area contributed by atoms with E-state index < -0.39 is 10.0 Å². The number of anilines is 2. The highest BCUT2D eigenvalue weighted by atomic mass is 32.2. The van der Waals surface area contributed by atoms with Crippen molar-refractivity contribution in [1.29, 1.82) is 0 Å². The predicted molar refractivity (Wildman–Crippen MR) is 123 cm³/mol. The van der Waals surface area contributed by atoms with E-state index in [4.69, 9.17) is 0 Å². The zero-order chi connectivity index (χ0) is 22.0. The lowest BCUT2D eigenvalue weighted by Crippen LogP contribution is -2.24. The van der Waals surface area contributed by atoms with E-state index in [1.165, 1.54) is 15.8 Å². The number of hydrogen-bond donors (Lipinski definition) is 2. The fourth-order valence-corrected chi connectivity index (χ4v) is 5.52. The van der Waals surface area contributed by atoms with Crippen LogP contribution in [0.4, 0.5) is 11.4 Å². The third-order valence-electron chi connectivity index (χ3n) is 5.34. The predicted octanol–water partition coefficient (Wildman–Crippen LogP) is 3.13. The maximum atomic E-state index is 13.0. The molecule has 1 aliphatic rings. The Morgan fingerprint density at radius 1 is 1.16 bits per heavy atom. The molecule has 0 atom stereocenters. The number of amides is 1. The van der Waals surface area contributed by atoms with Crippen molar-refractivity contribution in [3.63, 3.8) is 0 Å². The minimum absolute atomic E-state index is 0.0142. The highest BCUT2D eigenvalue weighted by Gasteiger charge is 2.20. The van der Waals surface area contributed by atoms with Gasteiger partial charge in [-0.25, -0.2) is 13.4 Å². The molecule has 31 heavy (non-hydrogen) atoms. The van der Waals surface area contributed by atoms with Crippen molar-refractivity contribution in [2.24, 2.45) is 0 Å². The first-order valence-corrected chi connectivity index (χ1v) is 12.7. The fraction of sp³-hybridized carbons (Fsp3) is 0.381. The Hall–Kier alpha value is -2.72. The van der Waals surface area contributed by atoms with Crippen LogP contribution >= 0.6 is 11.3 Å². The van der Waals surface area contributed by atoms with Crippen LogP contribution in [0.3, 0.4) is 0 Å². The zero-order valence-electron chi connectivity index (χ0n) is 17.2. The van der Waals surface area contributed by atoms with Crippen LogP contribution in [0.1, 0.15) is 36.6 Å². The molecular weight excluding hydrogens is 436 g/mol. The van der Waals surface area contributed by atoms with Gasteiger partial charge in [0.15, 0.2) is 0 Å². The van der Waals surface area contributed by atoms with Crippen molar-refractivity contribution in [3.05, 3.63) is 51.4 Å². The van der Waals surface area contributed by atoms with Crippen molar-refractivity contribution < 1.29 is 13.2 Å². The van der Waals surface area contributed by atoms with Crippen molar-refractivity contribution >= 4 is 48.9 Å². The first-order valence-electron chi connectivity index (χ1n) is 10.3. The molecule has 2 heterocycles. The van der Waals surface area contributed by atoms with Gasteiger partial charge in [0.2, 0.25) is 15.9 Å². The van der Waals surface area contributed by atoms with Crippen LogP contribution in [-0.2, 0) is 34.2 Å². The van der Waals surface area contributed by atoms with Crippen molar-refractivity contribution in [2.45, 2.75) is 45.6 Å². The van der Waals surface area contributed by atoms with Gasteiger partial charge in [-0.3, -0.25) is 18.9 Å². The molecule has 4 rings (SSSR count). The Labute approximate surface area is 184 Å². The Morgan fingerprint density at radius 2 is 1.87 bits per heavy atom. The minimum Gasteiger partial charge on any atom is -0.326 e. The molecule has 0 unspecified atom stereocenters. The average Bonchev–Trinajstić information content (AvgIpc) is 3.14. The number of rotatable bonds is 7.